The number of amidine groups is 1. The molecule has 0 saturated carbocycles. The Morgan fingerprint density at radius 1 is 1.26 bits per heavy atom. The van der Waals surface area contributed by atoms with Crippen LogP contribution in [0.3, 0.4) is 0 Å². The van der Waals surface area contributed by atoms with Crippen molar-refractivity contribution in [3.05, 3.63) is 59.4 Å². The molecule has 0 bridgehead atoms. The van der Waals surface area contributed by atoms with Gasteiger partial charge in [-0.05, 0) is 57.3 Å². The summed E-state index contributed by atoms with van der Waals surface area (Å²) in [6.45, 7) is 8.22. The number of nitrogens with two attached hydrogens (primary N) is 1. The first-order valence-corrected chi connectivity index (χ1v) is 9.46. The van der Waals surface area contributed by atoms with E-state index in [2.05, 4.69) is 57.6 Å². The number of hydrogen-bond donors (Lipinski definition) is 3. The van der Waals surface area contributed by atoms with Crippen molar-refractivity contribution >= 4 is 11.5 Å². The third-order valence-electron chi connectivity index (χ3n) is 4.46. The van der Waals surface area contributed by atoms with Crippen LogP contribution in [0, 0.1) is 17.2 Å². The van der Waals surface area contributed by atoms with E-state index < -0.39 is 0 Å². The summed E-state index contributed by atoms with van der Waals surface area (Å²) >= 11 is 0. The number of hydrogen-bond acceptors (Lipinski definition) is 4. The second-order valence-electron chi connectivity index (χ2n) is 8.15. The Hall–Kier alpha value is -2.27. The number of rotatable bonds is 9. The van der Waals surface area contributed by atoms with E-state index in [4.69, 9.17) is 15.9 Å². The lowest BCUT2D eigenvalue weighted by Crippen LogP contribution is -2.32. The molecule has 0 heterocycles. The van der Waals surface area contributed by atoms with Crippen LogP contribution in [-0.4, -0.2) is 38.0 Å². The van der Waals surface area contributed by atoms with Crippen molar-refractivity contribution in [2.24, 2.45) is 11.1 Å². The van der Waals surface area contributed by atoms with Gasteiger partial charge in [0.05, 0.1) is 12.3 Å². The molecule has 2 rings (SSSR count). The van der Waals surface area contributed by atoms with Crippen molar-refractivity contribution in [3.8, 4) is 0 Å². The summed E-state index contributed by atoms with van der Waals surface area (Å²) in [4.78, 5) is 2.19. The fourth-order valence-electron chi connectivity index (χ4n) is 3.20. The van der Waals surface area contributed by atoms with Gasteiger partial charge in [0.1, 0.15) is 11.6 Å². The summed E-state index contributed by atoms with van der Waals surface area (Å²) in [5.41, 5.74) is 9.62. The Labute approximate surface area is 163 Å². The highest BCUT2D eigenvalue weighted by Gasteiger charge is 2.22. The van der Waals surface area contributed by atoms with Crippen LogP contribution in [0.15, 0.2) is 47.4 Å². The van der Waals surface area contributed by atoms with Gasteiger partial charge in [0.25, 0.3) is 0 Å². The zero-order valence-electron chi connectivity index (χ0n) is 17.2. The first kappa shape index (κ1) is 21.0. The van der Waals surface area contributed by atoms with E-state index in [0.717, 1.165) is 42.1 Å². The molecule has 0 aliphatic heterocycles. The van der Waals surface area contributed by atoms with Crippen LogP contribution in [0.5, 0.6) is 0 Å². The SMILES string of the molecule is CCC1=CC(OCC(C)(C)CN(C)C)=C(Nc2ccc(C(=N)N)cc2)[CH]C1. The minimum absolute atomic E-state index is 0.0579. The van der Waals surface area contributed by atoms with Gasteiger partial charge in [0.15, 0.2) is 0 Å². The van der Waals surface area contributed by atoms with Gasteiger partial charge in [0, 0.05) is 29.6 Å². The van der Waals surface area contributed by atoms with E-state index in [0.29, 0.717) is 6.61 Å². The standard InChI is InChI=1S/C22H33N4O/c1-6-16-7-12-19(25-18-10-8-17(9-11-18)21(23)24)20(13-16)27-15-22(2,3)14-26(4)5/h8-13,25H,6-7,14-15H2,1-5H3,(H3,23,24). The average molecular weight is 370 g/mol. The summed E-state index contributed by atoms with van der Waals surface area (Å²) in [7, 11) is 4.17. The number of nitrogens with one attached hydrogen (secondary N) is 2. The van der Waals surface area contributed by atoms with Crippen LogP contribution in [0.2, 0.25) is 0 Å². The van der Waals surface area contributed by atoms with E-state index in [1.807, 2.05) is 24.3 Å². The monoisotopic (exact) mass is 369 g/mol. The normalized spacial score (nSPS) is 15.0. The molecule has 0 aromatic heterocycles. The lowest BCUT2D eigenvalue weighted by atomic mass is 9.94. The van der Waals surface area contributed by atoms with Crippen molar-refractivity contribution in [2.45, 2.75) is 33.6 Å². The molecule has 0 spiro atoms. The van der Waals surface area contributed by atoms with E-state index in [-0.39, 0.29) is 11.3 Å². The fourth-order valence-corrected chi connectivity index (χ4v) is 3.20. The molecule has 147 valence electrons. The molecule has 27 heavy (non-hydrogen) atoms. The van der Waals surface area contributed by atoms with Crippen LogP contribution < -0.4 is 11.1 Å². The van der Waals surface area contributed by atoms with Gasteiger partial charge in [0.2, 0.25) is 0 Å². The smallest absolute Gasteiger partial charge is 0.138 e. The lowest BCUT2D eigenvalue weighted by molar-refractivity contribution is 0.0962. The van der Waals surface area contributed by atoms with Crippen molar-refractivity contribution < 1.29 is 4.74 Å². The predicted octanol–water partition coefficient (Wildman–Crippen LogP) is 4.14. The quantitative estimate of drug-likeness (QED) is 0.452. The highest BCUT2D eigenvalue weighted by Crippen LogP contribution is 2.29. The first-order chi connectivity index (χ1) is 12.7. The second kappa shape index (κ2) is 9.09. The van der Waals surface area contributed by atoms with Crippen LogP contribution in [0.1, 0.15) is 39.2 Å². The summed E-state index contributed by atoms with van der Waals surface area (Å²) in [6, 6.07) is 7.57. The molecule has 1 aliphatic carbocycles. The van der Waals surface area contributed by atoms with E-state index in [1.54, 1.807) is 0 Å². The van der Waals surface area contributed by atoms with Gasteiger partial charge in [-0.3, -0.25) is 5.41 Å². The molecule has 0 amide bonds. The molecule has 1 radical (unpaired) electrons. The Bertz CT molecular complexity index is 714. The van der Waals surface area contributed by atoms with Crippen molar-refractivity contribution in [1.82, 2.24) is 4.90 Å². The van der Waals surface area contributed by atoms with Crippen LogP contribution >= 0.6 is 0 Å². The van der Waals surface area contributed by atoms with Crippen LogP contribution in [-0.2, 0) is 4.74 Å². The van der Waals surface area contributed by atoms with E-state index in [1.165, 1.54) is 5.57 Å². The fraction of sp³-hybridized carbons (Fsp3) is 0.455. The van der Waals surface area contributed by atoms with Crippen LogP contribution in [0.25, 0.3) is 0 Å². The number of nitrogens with zero attached hydrogens (tertiary/aromatic N) is 1. The number of nitrogen functional groups attached to an aromatic ring is 1. The average Bonchev–Trinajstić information content (AvgIpc) is 2.60. The van der Waals surface area contributed by atoms with E-state index >= 15 is 0 Å². The minimum atomic E-state index is 0.0579. The Balaban J connectivity index is 2.17. The van der Waals surface area contributed by atoms with Gasteiger partial charge in [-0.1, -0.05) is 26.3 Å². The third-order valence-corrected chi connectivity index (χ3v) is 4.46. The number of anilines is 1. The molecule has 1 aromatic rings. The summed E-state index contributed by atoms with van der Waals surface area (Å²) in [6.07, 6.45) is 6.30. The zero-order chi connectivity index (χ0) is 20.0. The first-order valence-electron chi connectivity index (χ1n) is 9.46. The molecule has 1 aromatic carbocycles. The Kier molecular flexibility index (Phi) is 7.08. The molecule has 4 N–H and O–H groups in total. The molecule has 5 heteroatoms. The number of benzene rings is 1. The molecule has 0 saturated heterocycles. The van der Waals surface area contributed by atoms with Crippen molar-refractivity contribution in [1.29, 1.82) is 5.41 Å². The highest BCUT2D eigenvalue weighted by molar-refractivity contribution is 5.95. The van der Waals surface area contributed by atoms with Gasteiger partial charge < -0.3 is 20.7 Å². The highest BCUT2D eigenvalue weighted by atomic mass is 16.5. The van der Waals surface area contributed by atoms with Crippen molar-refractivity contribution in [3.63, 3.8) is 0 Å². The van der Waals surface area contributed by atoms with Gasteiger partial charge in [-0.15, -0.1) is 0 Å². The van der Waals surface area contributed by atoms with Gasteiger partial charge in [-0.25, -0.2) is 0 Å². The maximum atomic E-state index is 7.51. The largest absolute Gasteiger partial charge is 0.491 e. The minimum Gasteiger partial charge on any atom is -0.491 e. The summed E-state index contributed by atoms with van der Waals surface area (Å²) in [5.74, 6) is 0.966. The molecule has 0 unspecified atom stereocenters. The van der Waals surface area contributed by atoms with Gasteiger partial charge >= 0.3 is 0 Å². The topological polar surface area (TPSA) is 74.4 Å². The lowest BCUT2D eigenvalue weighted by Gasteiger charge is -2.30. The predicted molar refractivity (Wildman–Crippen MR) is 114 cm³/mol. The third kappa shape index (κ3) is 6.43. The molecule has 0 fully saturated rings. The maximum Gasteiger partial charge on any atom is 0.138 e. The Morgan fingerprint density at radius 2 is 1.93 bits per heavy atom. The molecule has 5 nitrogen and oxygen atoms in total. The zero-order valence-corrected chi connectivity index (χ0v) is 17.2. The number of allylic oxidation sites excluding steroid dienone is 3. The molecular formula is C22H33N4O. The maximum absolute atomic E-state index is 7.51. The van der Waals surface area contributed by atoms with Crippen LogP contribution in [0.4, 0.5) is 5.69 Å². The van der Waals surface area contributed by atoms with Gasteiger partial charge in [-0.2, -0.15) is 0 Å². The second-order valence-corrected chi connectivity index (χ2v) is 8.15. The molecule has 1 aliphatic rings. The summed E-state index contributed by atoms with van der Waals surface area (Å²) in [5, 5.41) is 11.0. The van der Waals surface area contributed by atoms with E-state index in [9.17, 15) is 0 Å². The molecular weight excluding hydrogens is 336 g/mol. The summed E-state index contributed by atoms with van der Waals surface area (Å²) < 4.78 is 6.26. The Morgan fingerprint density at radius 3 is 2.48 bits per heavy atom. The molecule has 0 atom stereocenters. The number of ether oxygens (including phenoxy) is 1. The van der Waals surface area contributed by atoms with Crippen molar-refractivity contribution in [2.75, 3.05) is 32.6 Å².